The zero-order valence-corrected chi connectivity index (χ0v) is 24.3. The minimum absolute atomic E-state index is 0.151. The zero-order chi connectivity index (χ0) is 28.4. The van der Waals surface area contributed by atoms with Crippen molar-refractivity contribution in [3.63, 3.8) is 0 Å². The van der Waals surface area contributed by atoms with E-state index in [1.54, 1.807) is 48.5 Å². The van der Waals surface area contributed by atoms with Gasteiger partial charge in [-0.05, 0) is 70.8 Å². The Balaban J connectivity index is 0.000000215. The van der Waals surface area contributed by atoms with Gasteiger partial charge in [-0.25, -0.2) is 0 Å². The third kappa shape index (κ3) is 6.44. The van der Waals surface area contributed by atoms with Crippen LogP contribution in [-0.4, -0.2) is 20.4 Å². The molecule has 4 N–H and O–H groups in total. The summed E-state index contributed by atoms with van der Waals surface area (Å²) in [5.41, 5.74) is 3.15. The molecule has 0 aliphatic heterocycles. The molecule has 4 aromatic carbocycles. The van der Waals surface area contributed by atoms with Gasteiger partial charge in [0.1, 0.15) is 11.5 Å². The van der Waals surface area contributed by atoms with Gasteiger partial charge in [0.2, 0.25) is 0 Å². The maximum absolute atomic E-state index is 9.65. The average Bonchev–Trinajstić information content (AvgIpc) is 2.86. The average molecular weight is 594 g/mol. The molecule has 0 saturated carbocycles. The van der Waals surface area contributed by atoms with Crippen molar-refractivity contribution in [1.82, 2.24) is 0 Å². The van der Waals surface area contributed by atoms with Crippen LogP contribution in [0.25, 0.3) is 0 Å². The molecule has 38 heavy (non-hydrogen) atoms. The summed E-state index contributed by atoms with van der Waals surface area (Å²) in [5, 5.41) is 38.6. The van der Waals surface area contributed by atoms with Crippen molar-refractivity contribution in [2.45, 2.75) is 38.5 Å². The first-order valence-electron chi connectivity index (χ1n) is 11.6. The summed E-state index contributed by atoms with van der Waals surface area (Å²) in [4.78, 5) is 0. The summed E-state index contributed by atoms with van der Waals surface area (Å²) in [6.07, 6.45) is 0. The van der Waals surface area contributed by atoms with Gasteiger partial charge < -0.3 is 20.4 Å². The van der Waals surface area contributed by atoms with Crippen LogP contribution in [-0.2, 0) is 10.8 Å². The molecule has 0 unspecified atom stereocenters. The topological polar surface area (TPSA) is 80.9 Å². The first-order valence-corrected chi connectivity index (χ1v) is 13.1. The smallest absolute Gasteiger partial charge is 0.152 e. The predicted molar refractivity (Wildman–Crippen MR) is 157 cm³/mol. The highest BCUT2D eigenvalue weighted by Gasteiger charge is 2.27. The van der Waals surface area contributed by atoms with E-state index in [1.807, 2.05) is 38.1 Å². The lowest BCUT2D eigenvalue weighted by atomic mass is 9.78. The fourth-order valence-electron chi connectivity index (χ4n) is 3.94. The molecule has 0 aromatic heterocycles. The van der Waals surface area contributed by atoms with Crippen LogP contribution in [0.4, 0.5) is 0 Å². The van der Waals surface area contributed by atoms with Crippen LogP contribution < -0.4 is 0 Å². The lowest BCUT2D eigenvalue weighted by Gasteiger charge is -2.27. The number of hydrogen-bond donors (Lipinski definition) is 4. The molecule has 0 radical (unpaired) electrons. The second kappa shape index (κ2) is 11.5. The largest absolute Gasteiger partial charge is 0.508 e. The lowest BCUT2D eigenvalue weighted by molar-refractivity contribution is 0.473. The Hall–Kier alpha value is -2.76. The second-order valence-corrected chi connectivity index (χ2v) is 11.5. The van der Waals surface area contributed by atoms with Crippen molar-refractivity contribution in [3.8, 4) is 23.0 Å². The summed E-state index contributed by atoms with van der Waals surface area (Å²) in [6.45, 7) is 8.10. The Labute approximate surface area is 242 Å². The van der Waals surface area contributed by atoms with E-state index < -0.39 is 5.41 Å². The second-order valence-electron chi connectivity index (χ2n) is 9.92. The molecule has 4 aromatic rings. The Kier molecular flexibility index (Phi) is 9.05. The molecular weight excluding hydrogens is 566 g/mol. The van der Waals surface area contributed by atoms with Gasteiger partial charge in [-0.2, -0.15) is 0 Å². The first kappa shape index (κ1) is 29.8. The molecule has 4 nitrogen and oxygen atoms in total. The Morgan fingerprint density at radius 1 is 0.421 bits per heavy atom. The SMILES string of the molecule is CC(C)(c1cc(Cl)c(O)c(Cl)c1)c1cc(Cl)c(O)c(Cl)c1.CC(C)(c1ccc(O)cc1)c1ccc(O)cc1. The molecule has 0 aliphatic carbocycles. The van der Waals surface area contributed by atoms with E-state index in [0.29, 0.717) is 0 Å². The van der Waals surface area contributed by atoms with E-state index >= 15 is 0 Å². The number of phenolic OH excluding ortho intramolecular Hbond substituents is 4. The van der Waals surface area contributed by atoms with Crippen LogP contribution in [0.1, 0.15) is 49.9 Å². The van der Waals surface area contributed by atoms with Crippen molar-refractivity contribution < 1.29 is 20.4 Å². The van der Waals surface area contributed by atoms with Gasteiger partial charge in [-0.15, -0.1) is 0 Å². The standard InChI is InChI=1S/C15H12Cl4O2.C15H16O2/c1-15(2,7-3-9(16)13(20)10(17)4-7)8-5-11(18)14(21)12(19)6-8;1-15(2,11-3-7-13(16)8-4-11)12-5-9-14(17)10-6-12/h3-6,20-21H,1-2H3;3-10,16-17H,1-2H3. The van der Waals surface area contributed by atoms with Gasteiger partial charge in [-0.3, -0.25) is 0 Å². The van der Waals surface area contributed by atoms with Crippen molar-refractivity contribution >= 4 is 46.4 Å². The molecule has 0 atom stereocenters. The zero-order valence-electron chi connectivity index (χ0n) is 21.2. The van der Waals surface area contributed by atoms with Gasteiger partial charge in [0.15, 0.2) is 11.5 Å². The number of rotatable bonds is 4. The number of halogens is 4. The summed E-state index contributed by atoms with van der Waals surface area (Å²) in [7, 11) is 0. The normalized spacial score (nSPS) is 11.6. The van der Waals surface area contributed by atoms with Crippen LogP contribution in [0.5, 0.6) is 23.0 Å². The fourth-order valence-corrected chi connectivity index (χ4v) is 4.92. The predicted octanol–water partition coefficient (Wildman–Crippen LogP) is 9.46. The van der Waals surface area contributed by atoms with Crippen LogP contribution in [0, 0.1) is 0 Å². The third-order valence-electron chi connectivity index (χ3n) is 6.66. The molecule has 0 aliphatic rings. The van der Waals surface area contributed by atoms with E-state index in [4.69, 9.17) is 46.4 Å². The van der Waals surface area contributed by atoms with Gasteiger partial charge >= 0.3 is 0 Å². The minimum Gasteiger partial charge on any atom is -0.508 e. The highest BCUT2D eigenvalue weighted by molar-refractivity contribution is 6.37. The molecule has 0 bridgehead atoms. The molecular formula is C30H28Cl4O4. The minimum atomic E-state index is -0.526. The van der Waals surface area contributed by atoms with Crippen LogP contribution >= 0.6 is 46.4 Å². The van der Waals surface area contributed by atoms with Crippen molar-refractivity contribution in [2.75, 3.05) is 0 Å². The summed E-state index contributed by atoms with van der Waals surface area (Å²) >= 11 is 23.9. The van der Waals surface area contributed by atoms with Crippen LogP contribution in [0.15, 0.2) is 72.8 Å². The molecule has 0 heterocycles. The van der Waals surface area contributed by atoms with Crippen molar-refractivity contribution in [3.05, 3.63) is 115 Å². The number of hydrogen-bond acceptors (Lipinski definition) is 4. The van der Waals surface area contributed by atoms with Crippen molar-refractivity contribution in [1.29, 1.82) is 0 Å². The van der Waals surface area contributed by atoms with Crippen LogP contribution in [0.3, 0.4) is 0 Å². The maximum atomic E-state index is 9.65. The number of benzene rings is 4. The monoisotopic (exact) mass is 592 g/mol. The Morgan fingerprint density at radius 3 is 0.921 bits per heavy atom. The van der Waals surface area contributed by atoms with Gasteiger partial charge in [0, 0.05) is 10.8 Å². The van der Waals surface area contributed by atoms with E-state index in [9.17, 15) is 20.4 Å². The van der Waals surface area contributed by atoms with E-state index in [2.05, 4.69) is 13.8 Å². The molecule has 0 amide bonds. The summed E-state index contributed by atoms with van der Waals surface area (Å²) in [5.74, 6) is 0.241. The van der Waals surface area contributed by atoms with Gasteiger partial charge in [-0.1, -0.05) is 98.4 Å². The molecule has 0 saturated heterocycles. The summed E-state index contributed by atoms with van der Waals surface area (Å²) in [6, 6.07) is 21.0. The third-order valence-corrected chi connectivity index (χ3v) is 7.81. The molecule has 8 heteroatoms. The van der Waals surface area contributed by atoms with E-state index in [0.717, 1.165) is 22.3 Å². The first-order chi connectivity index (χ1) is 17.6. The highest BCUT2D eigenvalue weighted by Crippen LogP contribution is 2.43. The van der Waals surface area contributed by atoms with Gasteiger partial charge in [0.25, 0.3) is 0 Å². The van der Waals surface area contributed by atoms with E-state index in [-0.39, 0.29) is 48.5 Å². The maximum Gasteiger partial charge on any atom is 0.152 e. The summed E-state index contributed by atoms with van der Waals surface area (Å²) < 4.78 is 0. The van der Waals surface area contributed by atoms with Gasteiger partial charge in [0.05, 0.1) is 20.1 Å². The Bertz CT molecular complexity index is 1280. The molecule has 200 valence electrons. The van der Waals surface area contributed by atoms with Crippen molar-refractivity contribution in [2.24, 2.45) is 0 Å². The Morgan fingerprint density at radius 2 is 0.658 bits per heavy atom. The van der Waals surface area contributed by atoms with E-state index in [1.165, 1.54) is 0 Å². The van der Waals surface area contributed by atoms with Crippen LogP contribution in [0.2, 0.25) is 20.1 Å². The lowest BCUT2D eigenvalue weighted by Crippen LogP contribution is -2.19. The molecule has 4 rings (SSSR count). The number of phenols is 4. The number of aromatic hydroxyl groups is 4. The highest BCUT2D eigenvalue weighted by atomic mass is 35.5. The fraction of sp³-hybridized carbons (Fsp3) is 0.200. The molecule has 0 spiro atoms. The molecule has 0 fully saturated rings. The quantitative estimate of drug-likeness (QED) is 0.190.